The number of nitrogens with one attached hydrogen (secondary N) is 2. The monoisotopic (exact) mass is 462 g/mol. The maximum atomic E-state index is 13.6. The molecular formula is C26H26N2O4S. The Morgan fingerprint density at radius 2 is 1.21 bits per heavy atom. The molecule has 4 rings (SSSR count). The van der Waals surface area contributed by atoms with Gasteiger partial charge in [0.1, 0.15) is 6.04 Å². The van der Waals surface area contributed by atoms with Crippen LogP contribution in [0.5, 0.6) is 0 Å². The van der Waals surface area contributed by atoms with Gasteiger partial charge in [0.2, 0.25) is 11.8 Å². The molecule has 3 aromatic rings. The maximum absolute atomic E-state index is 13.6. The van der Waals surface area contributed by atoms with Crippen molar-refractivity contribution in [3.63, 3.8) is 0 Å². The maximum Gasteiger partial charge on any atom is 0.247 e. The molecule has 0 aliphatic carbocycles. The number of sulfone groups is 1. The number of benzene rings is 3. The van der Waals surface area contributed by atoms with Crippen molar-refractivity contribution in [1.29, 1.82) is 0 Å². The van der Waals surface area contributed by atoms with E-state index < -0.39 is 33.7 Å². The van der Waals surface area contributed by atoms with Gasteiger partial charge in [-0.05, 0) is 23.1 Å². The van der Waals surface area contributed by atoms with Crippen molar-refractivity contribution in [2.45, 2.75) is 24.4 Å². The normalized spacial score (nSPS) is 17.9. The third-order valence-electron chi connectivity index (χ3n) is 5.79. The van der Waals surface area contributed by atoms with E-state index in [-0.39, 0.29) is 17.4 Å². The van der Waals surface area contributed by atoms with E-state index in [9.17, 15) is 18.0 Å². The molecule has 0 spiro atoms. The molecule has 2 amide bonds. The Hall–Kier alpha value is -3.45. The lowest BCUT2D eigenvalue weighted by Gasteiger charge is -2.24. The molecule has 1 aliphatic heterocycles. The van der Waals surface area contributed by atoms with Gasteiger partial charge in [-0.25, -0.2) is 8.42 Å². The van der Waals surface area contributed by atoms with Gasteiger partial charge in [-0.1, -0.05) is 91.0 Å². The Morgan fingerprint density at radius 3 is 1.67 bits per heavy atom. The molecule has 2 atom stereocenters. The van der Waals surface area contributed by atoms with Crippen LogP contribution in [0.3, 0.4) is 0 Å². The lowest BCUT2D eigenvalue weighted by Crippen LogP contribution is -2.46. The van der Waals surface area contributed by atoms with Crippen LogP contribution in [0.1, 0.15) is 35.1 Å². The van der Waals surface area contributed by atoms with Gasteiger partial charge in [0.15, 0.2) is 9.84 Å². The molecule has 1 fully saturated rings. The highest BCUT2D eigenvalue weighted by atomic mass is 32.2. The van der Waals surface area contributed by atoms with Gasteiger partial charge >= 0.3 is 0 Å². The van der Waals surface area contributed by atoms with Gasteiger partial charge in [-0.2, -0.15) is 0 Å². The second kappa shape index (κ2) is 10.0. The molecule has 170 valence electrons. The zero-order chi connectivity index (χ0) is 23.3. The highest BCUT2D eigenvalue weighted by Gasteiger charge is 2.33. The quantitative estimate of drug-likeness (QED) is 0.565. The van der Waals surface area contributed by atoms with Crippen molar-refractivity contribution < 1.29 is 18.0 Å². The summed E-state index contributed by atoms with van der Waals surface area (Å²) in [5.41, 5.74) is 2.26. The Morgan fingerprint density at radius 1 is 0.727 bits per heavy atom. The Labute approximate surface area is 194 Å². The highest BCUT2D eigenvalue weighted by Crippen LogP contribution is 2.26. The van der Waals surface area contributed by atoms with Gasteiger partial charge in [0.05, 0.1) is 17.4 Å². The molecular weight excluding hydrogens is 436 g/mol. The lowest BCUT2D eigenvalue weighted by atomic mass is 9.90. The van der Waals surface area contributed by atoms with E-state index in [4.69, 9.17) is 0 Å². The van der Waals surface area contributed by atoms with E-state index in [2.05, 4.69) is 10.6 Å². The first-order chi connectivity index (χ1) is 15.9. The summed E-state index contributed by atoms with van der Waals surface area (Å²) in [4.78, 5) is 26.8. The number of rotatable bonds is 7. The van der Waals surface area contributed by atoms with Gasteiger partial charge in [0.25, 0.3) is 0 Å². The number of amides is 2. The highest BCUT2D eigenvalue weighted by molar-refractivity contribution is 7.91. The summed E-state index contributed by atoms with van der Waals surface area (Å²) in [6.45, 7) is 0. The van der Waals surface area contributed by atoms with Crippen LogP contribution in [0.4, 0.5) is 0 Å². The summed E-state index contributed by atoms with van der Waals surface area (Å²) in [5, 5.41) is 5.75. The SMILES string of the molecule is O=C(N[C@H](C(=O)NC1CCS(=O)(=O)C1)c1ccccc1)C(c1ccccc1)c1ccccc1. The van der Waals surface area contributed by atoms with Gasteiger partial charge in [-0.15, -0.1) is 0 Å². The first kappa shape index (κ1) is 22.7. The first-order valence-corrected chi connectivity index (χ1v) is 12.7. The first-order valence-electron chi connectivity index (χ1n) is 10.9. The number of carbonyl (C=O) groups excluding carboxylic acids is 2. The predicted molar refractivity (Wildman–Crippen MR) is 127 cm³/mol. The second-order valence-corrected chi connectivity index (χ2v) is 10.4. The van der Waals surface area contributed by atoms with E-state index in [0.29, 0.717) is 12.0 Å². The third-order valence-corrected chi connectivity index (χ3v) is 7.56. The fraction of sp³-hybridized carbons (Fsp3) is 0.231. The fourth-order valence-corrected chi connectivity index (χ4v) is 5.82. The number of hydrogen-bond acceptors (Lipinski definition) is 4. The van der Waals surface area contributed by atoms with Crippen molar-refractivity contribution in [3.05, 3.63) is 108 Å². The van der Waals surface area contributed by atoms with E-state index in [1.165, 1.54) is 0 Å². The fourth-order valence-electron chi connectivity index (χ4n) is 4.15. The van der Waals surface area contributed by atoms with Crippen molar-refractivity contribution >= 4 is 21.7 Å². The summed E-state index contributed by atoms with van der Waals surface area (Å²) in [6.07, 6.45) is 0.375. The summed E-state index contributed by atoms with van der Waals surface area (Å²) in [5.74, 6) is -1.35. The van der Waals surface area contributed by atoms with Gasteiger partial charge in [0, 0.05) is 6.04 Å². The molecule has 1 saturated heterocycles. The minimum atomic E-state index is -3.14. The Balaban J connectivity index is 1.62. The van der Waals surface area contributed by atoms with Crippen LogP contribution >= 0.6 is 0 Å². The minimum Gasteiger partial charge on any atom is -0.350 e. The molecule has 1 aliphatic rings. The summed E-state index contributed by atoms with van der Waals surface area (Å²) < 4.78 is 23.6. The molecule has 7 heteroatoms. The minimum absolute atomic E-state index is 0.0599. The standard InChI is InChI=1S/C26H26N2O4S/c29-25(23(19-10-4-1-5-11-19)20-12-6-2-7-13-20)28-24(21-14-8-3-9-15-21)26(30)27-22-16-17-33(31,32)18-22/h1-15,22-24H,16-18H2,(H,27,30)(H,28,29)/t22?,24-/m0/s1. The molecule has 1 unspecified atom stereocenters. The van der Waals surface area contributed by atoms with E-state index in [0.717, 1.165) is 11.1 Å². The van der Waals surface area contributed by atoms with Gasteiger partial charge < -0.3 is 10.6 Å². The molecule has 6 nitrogen and oxygen atoms in total. The van der Waals surface area contributed by atoms with Gasteiger partial charge in [-0.3, -0.25) is 9.59 Å². The Bertz CT molecular complexity index is 1160. The molecule has 33 heavy (non-hydrogen) atoms. The third kappa shape index (κ3) is 5.68. The lowest BCUT2D eigenvalue weighted by molar-refractivity contribution is -0.129. The molecule has 3 aromatic carbocycles. The van der Waals surface area contributed by atoms with Crippen LogP contribution in [0, 0.1) is 0 Å². The number of hydrogen-bond donors (Lipinski definition) is 2. The van der Waals surface area contributed by atoms with Crippen LogP contribution in [-0.2, 0) is 19.4 Å². The van der Waals surface area contributed by atoms with Crippen LogP contribution in [0.2, 0.25) is 0 Å². The summed E-state index contributed by atoms with van der Waals surface area (Å²) in [7, 11) is -3.14. The average Bonchev–Trinajstić information content (AvgIpc) is 3.17. The van der Waals surface area contributed by atoms with Crippen LogP contribution in [-0.4, -0.2) is 37.8 Å². The van der Waals surface area contributed by atoms with E-state index in [1.807, 2.05) is 66.7 Å². The summed E-state index contributed by atoms with van der Waals surface area (Å²) in [6, 6.07) is 26.4. The molecule has 0 aromatic heterocycles. The van der Waals surface area contributed by atoms with Crippen molar-refractivity contribution in [1.82, 2.24) is 10.6 Å². The second-order valence-electron chi connectivity index (χ2n) is 8.22. The molecule has 0 radical (unpaired) electrons. The molecule has 0 bridgehead atoms. The zero-order valence-electron chi connectivity index (χ0n) is 18.1. The van der Waals surface area contributed by atoms with Crippen molar-refractivity contribution in [2.24, 2.45) is 0 Å². The van der Waals surface area contributed by atoms with Crippen molar-refractivity contribution in [3.8, 4) is 0 Å². The van der Waals surface area contributed by atoms with Crippen LogP contribution in [0.25, 0.3) is 0 Å². The topological polar surface area (TPSA) is 92.3 Å². The van der Waals surface area contributed by atoms with Crippen LogP contribution in [0.15, 0.2) is 91.0 Å². The average molecular weight is 463 g/mol. The predicted octanol–water partition coefficient (Wildman–Crippen LogP) is 2.98. The molecule has 1 heterocycles. The van der Waals surface area contributed by atoms with E-state index in [1.54, 1.807) is 24.3 Å². The van der Waals surface area contributed by atoms with Crippen LogP contribution < -0.4 is 10.6 Å². The smallest absolute Gasteiger partial charge is 0.247 e. The Kier molecular flexibility index (Phi) is 6.89. The summed E-state index contributed by atoms with van der Waals surface area (Å²) >= 11 is 0. The molecule has 0 saturated carbocycles. The van der Waals surface area contributed by atoms with Crippen molar-refractivity contribution in [2.75, 3.05) is 11.5 Å². The molecule has 2 N–H and O–H groups in total. The van der Waals surface area contributed by atoms with E-state index >= 15 is 0 Å². The zero-order valence-corrected chi connectivity index (χ0v) is 18.9. The number of carbonyl (C=O) groups is 2. The largest absolute Gasteiger partial charge is 0.350 e.